The van der Waals surface area contributed by atoms with Gasteiger partial charge >= 0.3 is 0 Å². The largest absolute Gasteiger partial charge is 0.364 e. The first-order valence-corrected chi connectivity index (χ1v) is 7.78. The number of H-pyrrole nitrogens is 1. The average Bonchev–Trinajstić information content (AvgIpc) is 3.20. The number of rotatable bonds is 7. The predicted molar refractivity (Wildman–Crippen MR) is 90.6 cm³/mol. The summed E-state index contributed by atoms with van der Waals surface area (Å²) in [6.45, 7) is -0.0405. The Morgan fingerprint density at radius 1 is 1.35 bits per heavy atom. The number of halogens is 1. The van der Waals surface area contributed by atoms with Gasteiger partial charge < -0.3 is 20.4 Å². The van der Waals surface area contributed by atoms with Gasteiger partial charge in [0.25, 0.3) is 0 Å². The molecule has 0 unspecified atom stereocenters. The van der Waals surface area contributed by atoms with Crippen LogP contribution < -0.4 is 10.6 Å². The summed E-state index contributed by atoms with van der Waals surface area (Å²) in [5, 5.41) is 9.07. The number of benzene rings is 1. The van der Waals surface area contributed by atoms with Gasteiger partial charge in [-0.05, 0) is 18.2 Å². The molecule has 0 atom stereocenters. The highest BCUT2D eigenvalue weighted by Gasteiger charge is 2.08. The summed E-state index contributed by atoms with van der Waals surface area (Å²) in [7, 11) is 1.53. The zero-order valence-electron chi connectivity index (χ0n) is 14.0. The highest BCUT2D eigenvalue weighted by molar-refractivity contribution is 5.91. The highest BCUT2D eigenvalue weighted by Crippen LogP contribution is 2.13. The second-order valence-corrected chi connectivity index (χ2v) is 5.49. The van der Waals surface area contributed by atoms with Crippen molar-refractivity contribution in [2.45, 2.75) is 13.2 Å². The number of carbonyl (C=O) groups excluding carboxylic acids is 2. The number of aromatic nitrogens is 4. The number of ether oxygens (including phenoxy) is 1. The molecule has 2 heterocycles. The van der Waals surface area contributed by atoms with Gasteiger partial charge in [-0.1, -0.05) is 0 Å². The summed E-state index contributed by atoms with van der Waals surface area (Å²) in [6, 6.07) is 4.23. The van der Waals surface area contributed by atoms with Crippen molar-refractivity contribution in [2.75, 3.05) is 19.0 Å². The lowest BCUT2D eigenvalue weighted by Crippen LogP contribution is -2.23. The van der Waals surface area contributed by atoms with Gasteiger partial charge in [0.2, 0.25) is 11.8 Å². The van der Waals surface area contributed by atoms with Crippen LogP contribution in [0.5, 0.6) is 0 Å². The Morgan fingerprint density at radius 3 is 3.00 bits per heavy atom. The molecule has 0 saturated carbocycles. The van der Waals surface area contributed by atoms with E-state index >= 15 is 0 Å². The average molecular weight is 360 g/mol. The molecule has 2 aromatic heterocycles. The fourth-order valence-corrected chi connectivity index (χ4v) is 2.28. The minimum Gasteiger partial charge on any atom is -0.364 e. The second kappa shape index (κ2) is 7.74. The summed E-state index contributed by atoms with van der Waals surface area (Å²) in [4.78, 5) is 30.3. The Kier molecular flexibility index (Phi) is 5.23. The number of amides is 2. The van der Waals surface area contributed by atoms with E-state index in [1.165, 1.54) is 30.1 Å². The van der Waals surface area contributed by atoms with E-state index < -0.39 is 0 Å². The molecule has 2 amide bonds. The fourth-order valence-electron chi connectivity index (χ4n) is 2.28. The van der Waals surface area contributed by atoms with Crippen molar-refractivity contribution in [1.29, 1.82) is 0 Å². The van der Waals surface area contributed by atoms with Crippen molar-refractivity contribution in [3.63, 3.8) is 0 Å². The lowest BCUT2D eigenvalue weighted by Gasteiger charge is -2.03. The zero-order valence-corrected chi connectivity index (χ0v) is 14.0. The molecule has 3 N–H and O–H groups in total. The maximum absolute atomic E-state index is 13.1. The molecule has 3 rings (SSSR count). The normalized spacial score (nSPS) is 10.8. The van der Waals surface area contributed by atoms with E-state index in [0.29, 0.717) is 22.5 Å². The maximum Gasteiger partial charge on any atom is 0.250 e. The first kappa shape index (κ1) is 17.5. The number of anilines is 1. The van der Waals surface area contributed by atoms with E-state index in [2.05, 4.69) is 25.7 Å². The Morgan fingerprint density at radius 2 is 2.19 bits per heavy atom. The molecule has 10 heteroatoms. The van der Waals surface area contributed by atoms with E-state index in [4.69, 9.17) is 4.74 Å². The molecule has 9 nitrogen and oxygen atoms in total. The van der Waals surface area contributed by atoms with Gasteiger partial charge in [-0.2, -0.15) is 5.10 Å². The molecule has 0 aliphatic carbocycles. The summed E-state index contributed by atoms with van der Waals surface area (Å²) >= 11 is 0. The summed E-state index contributed by atoms with van der Waals surface area (Å²) in [6.07, 6.45) is 2.98. The van der Waals surface area contributed by atoms with Gasteiger partial charge in [-0.25, -0.2) is 9.37 Å². The number of nitrogens with zero attached hydrogens (tertiary/aromatic N) is 3. The van der Waals surface area contributed by atoms with E-state index in [1.54, 1.807) is 12.3 Å². The number of likely N-dealkylation sites (N-methyl/N-ethyl adjacent to an activating group) is 1. The van der Waals surface area contributed by atoms with Gasteiger partial charge in [-0.3, -0.25) is 14.3 Å². The van der Waals surface area contributed by atoms with Crippen LogP contribution in [0, 0.1) is 5.82 Å². The van der Waals surface area contributed by atoms with E-state index in [-0.39, 0.29) is 37.4 Å². The van der Waals surface area contributed by atoms with E-state index in [1.807, 2.05) is 0 Å². The Hall–Kier alpha value is -3.27. The lowest BCUT2D eigenvalue weighted by atomic mass is 10.3. The van der Waals surface area contributed by atoms with Crippen molar-refractivity contribution in [3.05, 3.63) is 42.2 Å². The van der Waals surface area contributed by atoms with Gasteiger partial charge in [0.1, 0.15) is 31.4 Å². The summed E-state index contributed by atoms with van der Waals surface area (Å²) < 4.78 is 19.9. The topological polar surface area (TPSA) is 114 Å². The molecular formula is C16H17FN6O3. The van der Waals surface area contributed by atoms with Crippen LogP contribution in [0.4, 0.5) is 10.1 Å². The molecule has 0 radical (unpaired) electrons. The Balaban J connectivity index is 1.47. The third-order valence-corrected chi connectivity index (χ3v) is 3.47. The first-order valence-electron chi connectivity index (χ1n) is 7.78. The number of hydrogen-bond acceptors (Lipinski definition) is 5. The smallest absolute Gasteiger partial charge is 0.250 e. The quantitative estimate of drug-likeness (QED) is 0.577. The fraction of sp³-hybridized carbons (Fsp3) is 0.250. The van der Waals surface area contributed by atoms with Gasteiger partial charge in [0.05, 0.1) is 22.9 Å². The van der Waals surface area contributed by atoms with Crippen molar-refractivity contribution in [2.24, 2.45) is 0 Å². The molecule has 26 heavy (non-hydrogen) atoms. The van der Waals surface area contributed by atoms with Crippen LogP contribution in [0.25, 0.3) is 11.0 Å². The highest BCUT2D eigenvalue weighted by atomic mass is 19.1. The first-order chi connectivity index (χ1) is 12.5. The van der Waals surface area contributed by atoms with Gasteiger partial charge in [0.15, 0.2) is 0 Å². The van der Waals surface area contributed by atoms with Crippen molar-refractivity contribution in [3.8, 4) is 0 Å². The Labute approximate surface area is 147 Å². The molecule has 1 aromatic carbocycles. The van der Waals surface area contributed by atoms with Crippen molar-refractivity contribution < 1.29 is 18.7 Å². The molecule has 0 bridgehead atoms. The van der Waals surface area contributed by atoms with Crippen LogP contribution in [0.3, 0.4) is 0 Å². The monoisotopic (exact) mass is 360 g/mol. The minimum absolute atomic E-state index is 0.0650. The standard InChI is InChI=1S/C16H17FN6O3/c1-18-15(24)7-23-6-11(5-19-23)20-16(25)9-26-8-14-21-12-3-2-10(17)4-13(12)22-14/h2-6H,7-9H2,1H3,(H,18,24)(H,20,25)(H,21,22). The number of carbonyl (C=O) groups is 2. The van der Waals surface area contributed by atoms with Gasteiger partial charge in [-0.15, -0.1) is 0 Å². The van der Waals surface area contributed by atoms with Crippen LogP contribution in [0.2, 0.25) is 0 Å². The van der Waals surface area contributed by atoms with Crippen LogP contribution in [-0.2, 0) is 27.5 Å². The van der Waals surface area contributed by atoms with E-state index in [9.17, 15) is 14.0 Å². The van der Waals surface area contributed by atoms with Crippen molar-refractivity contribution in [1.82, 2.24) is 25.1 Å². The minimum atomic E-state index is -0.369. The molecule has 0 saturated heterocycles. The van der Waals surface area contributed by atoms with Crippen LogP contribution in [0.1, 0.15) is 5.82 Å². The van der Waals surface area contributed by atoms with E-state index in [0.717, 1.165) is 0 Å². The zero-order chi connectivity index (χ0) is 18.5. The van der Waals surface area contributed by atoms with Crippen LogP contribution in [-0.4, -0.2) is 45.2 Å². The SMILES string of the molecule is CNC(=O)Cn1cc(NC(=O)COCc2nc3ccc(F)cc3[nH]2)cn1. The molecule has 0 aliphatic heterocycles. The van der Waals surface area contributed by atoms with Crippen LogP contribution in [0.15, 0.2) is 30.6 Å². The number of hydrogen-bond donors (Lipinski definition) is 3. The lowest BCUT2D eigenvalue weighted by molar-refractivity contribution is -0.121. The third-order valence-electron chi connectivity index (χ3n) is 3.47. The second-order valence-electron chi connectivity index (χ2n) is 5.49. The molecule has 0 aliphatic rings. The maximum atomic E-state index is 13.1. The number of imidazole rings is 1. The number of fused-ring (bicyclic) bond motifs is 1. The predicted octanol–water partition coefficient (Wildman–Crippen LogP) is 0.800. The Bertz CT molecular complexity index is 935. The molecule has 0 spiro atoms. The molecule has 0 fully saturated rings. The summed E-state index contributed by atoms with van der Waals surface area (Å²) in [5.74, 6) is -0.423. The van der Waals surface area contributed by atoms with Gasteiger partial charge in [0, 0.05) is 13.2 Å². The molecular weight excluding hydrogens is 343 g/mol. The molecule has 136 valence electrons. The molecule has 3 aromatic rings. The number of nitrogens with one attached hydrogen (secondary N) is 3. The van der Waals surface area contributed by atoms with Crippen LogP contribution >= 0.6 is 0 Å². The summed E-state index contributed by atoms with van der Waals surface area (Å²) in [5.41, 5.74) is 1.65. The number of aromatic amines is 1. The van der Waals surface area contributed by atoms with Crippen molar-refractivity contribution >= 4 is 28.5 Å². The third kappa shape index (κ3) is 4.42.